The molecule has 5 nitrogen and oxygen atoms in total. The van der Waals surface area contributed by atoms with Gasteiger partial charge in [0.1, 0.15) is 0 Å². The summed E-state index contributed by atoms with van der Waals surface area (Å²) in [5.74, 6) is 0.447. The molecule has 0 radical (unpaired) electrons. The van der Waals surface area contributed by atoms with Crippen molar-refractivity contribution in [1.29, 1.82) is 0 Å². The van der Waals surface area contributed by atoms with E-state index in [0.29, 0.717) is 17.9 Å². The van der Waals surface area contributed by atoms with E-state index in [2.05, 4.69) is 4.98 Å². The number of aromatic nitrogens is 1. The van der Waals surface area contributed by atoms with Crippen LogP contribution in [-0.4, -0.2) is 30.3 Å². The van der Waals surface area contributed by atoms with Gasteiger partial charge in [0.15, 0.2) is 11.5 Å². The van der Waals surface area contributed by atoms with Gasteiger partial charge in [-0.25, -0.2) is 0 Å². The van der Waals surface area contributed by atoms with Crippen molar-refractivity contribution in [3.63, 3.8) is 0 Å². The van der Waals surface area contributed by atoms with E-state index in [1.165, 1.54) is 0 Å². The number of benzene rings is 1. The number of methoxy groups -OCH3 is 2. The van der Waals surface area contributed by atoms with Gasteiger partial charge in [-0.3, -0.25) is 9.78 Å². The third-order valence-electron chi connectivity index (χ3n) is 3.17. The summed E-state index contributed by atoms with van der Waals surface area (Å²) in [4.78, 5) is 15.1. The topological polar surface area (TPSA) is 68.7 Å². The van der Waals surface area contributed by atoms with Gasteiger partial charge in [-0.15, -0.1) is 0 Å². The first-order chi connectivity index (χ1) is 9.55. The standard InChI is InChI=1S/C15H17NO4/c1-9-6-10(4-5-15(17)18)16-12-8-14(20-3)13(19-2)7-11(9)12/h6-8H,4-5H2,1-3H3,(H,17,18). The van der Waals surface area contributed by atoms with Crippen molar-refractivity contribution in [1.82, 2.24) is 4.98 Å². The van der Waals surface area contributed by atoms with Crippen LogP contribution in [0.4, 0.5) is 0 Å². The van der Waals surface area contributed by atoms with Gasteiger partial charge in [-0.05, 0) is 24.6 Å². The third kappa shape index (κ3) is 2.82. The number of aliphatic carboxylic acids is 1. The average molecular weight is 275 g/mol. The van der Waals surface area contributed by atoms with Crippen LogP contribution in [0.2, 0.25) is 0 Å². The number of hydrogen-bond acceptors (Lipinski definition) is 4. The highest BCUT2D eigenvalue weighted by Crippen LogP contribution is 2.33. The molecule has 0 aliphatic heterocycles. The Morgan fingerprint density at radius 2 is 1.85 bits per heavy atom. The van der Waals surface area contributed by atoms with Gasteiger partial charge in [-0.1, -0.05) is 0 Å². The Labute approximate surface area is 117 Å². The third-order valence-corrected chi connectivity index (χ3v) is 3.17. The predicted octanol–water partition coefficient (Wildman–Crippen LogP) is 2.58. The van der Waals surface area contributed by atoms with Gasteiger partial charge in [0.05, 0.1) is 26.2 Å². The molecule has 0 atom stereocenters. The second-order valence-corrected chi connectivity index (χ2v) is 4.55. The van der Waals surface area contributed by atoms with E-state index in [-0.39, 0.29) is 6.42 Å². The number of fused-ring (bicyclic) bond motifs is 1. The molecule has 0 spiro atoms. The first-order valence-electron chi connectivity index (χ1n) is 6.29. The summed E-state index contributed by atoms with van der Waals surface area (Å²) in [6, 6.07) is 5.61. The van der Waals surface area contributed by atoms with E-state index in [1.807, 2.05) is 25.1 Å². The van der Waals surface area contributed by atoms with Gasteiger partial charge < -0.3 is 14.6 Å². The number of carbonyl (C=O) groups is 1. The Bertz CT molecular complexity index is 652. The number of rotatable bonds is 5. The monoisotopic (exact) mass is 275 g/mol. The van der Waals surface area contributed by atoms with Crippen LogP contribution in [0.1, 0.15) is 17.7 Å². The van der Waals surface area contributed by atoms with Gasteiger partial charge in [0, 0.05) is 23.6 Å². The maximum Gasteiger partial charge on any atom is 0.303 e. The van der Waals surface area contributed by atoms with Crippen LogP contribution < -0.4 is 9.47 Å². The summed E-state index contributed by atoms with van der Waals surface area (Å²) in [7, 11) is 3.17. The lowest BCUT2D eigenvalue weighted by atomic mass is 10.1. The first-order valence-corrected chi connectivity index (χ1v) is 6.29. The quantitative estimate of drug-likeness (QED) is 0.908. The van der Waals surface area contributed by atoms with Crippen molar-refractivity contribution in [3.05, 3.63) is 29.5 Å². The zero-order chi connectivity index (χ0) is 14.7. The Kier molecular flexibility index (Phi) is 4.08. The minimum Gasteiger partial charge on any atom is -0.493 e. The lowest BCUT2D eigenvalue weighted by Crippen LogP contribution is -2.00. The molecule has 1 aromatic carbocycles. The molecule has 0 fully saturated rings. The fourth-order valence-electron chi connectivity index (χ4n) is 2.15. The molecule has 2 rings (SSSR count). The van der Waals surface area contributed by atoms with E-state index >= 15 is 0 Å². The van der Waals surface area contributed by atoms with Crippen molar-refractivity contribution in [2.24, 2.45) is 0 Å². The lowest BCUT2D eigenvalue weighted by molar-refractivity contribution is -0.136. The number of carboxylic acid groups (broad SMARTS) is 1. The van der Waals surface area contributed by atoms with Crippen molar-refractivity contribution in [2.45, 2.75) is 19.8 Å². The van der Waals surface area contributed by atoms with Crippen LogP contribution in [-0.2, 0) is 11.2 Å². The molecule has 0 unspecified atom stereocenters. The molecule has 5 heteroatoms. The molecule has 0 saturated carbocycles. The summed E-state index contributed by atoms with van der Waals surface area (Å²) in [5, 5.41) is 9.72. The van der Waals surface area contributed by atoms with E-state index in [0.717, 1.165) is 22.2 Å². The first kappa shape index (κ1) is 14.1. The summed E-state index contributed by atoms with van der Waals surface area (Å²) in [6.07, 6.45) is 0.492. The van der Waals surface area contributed by atoms with Crippen LogP contribution in [0, 0.1) is 6.92 Å². The predicted molar refractivity (Wildman–Crippen MR) is 75.5 cm³/mol. The minimum atomic E-state index is -0.822. The molecule has 1 heterocycles. The zero-order valence-corrected chi connectivity index (χ0v) is 11.8. The number of pyridine rings is 1. The van der Waals surface area contributed by atoms with Crippen LogP contribution in [0.15, 0.2) is 18.2 Å². The summed E-state index contributed by atoms with van der Waals surface area (Å²) >= 11 is 0. The molecule has 1 N–H and O–H groups in total. The Balaban J connectivity index is 2.50. The molecule has 0 saturated heterocycles. The fourth-order valence-corrected chi connectivity index (χ4v) is 2.15. The second kappa shape index (κ2) is 5.77. The van der Waals surface area contributed by atoms with Crippen molar-refractivity contribution >= 4 is 16.9 Å². The number of nitrogens with zero attached hydrogens (tertiary/aromatic N) is 1. The largest absolute Gasteiger partial charge is 0.493 e. The zero-order valence-electron chi connectivity index (χ0n) is 11.8. The molecule has 0 aliphatic carbocycles. The number of carboxylic acids is 1. The molecular weight excluding hydrogens is 258 g/mol. The van der Waals surface area contributed by atoms with Crippen LogP contribution >= 0.6 is 0 Å². The number of aryl methyl sites for hydroxylation is 2. The van der Waals surface area contributed by atoms with Gasteiger partial charge in [-0.2, -0.15) is 0 Å². The smallest absolute Gasteiger partial charge is 0.303 e. The summed E-state index contributed by atoms with van der Waals surface area (Å²) in [6.45, 7) is 1.97. The van der Waals surface area contributed by atoms with Gasteiger partial charge in [0.25, 0.3) is 0 Å². The lowest BCUT2D eigenvalue weighted by Gasteiger charge is -2.11. The number of ether oxygens (including phenoxy) is 2. The van der Waals surface area contributed by atoms with Crippen LogP contribution in [0.3, 0.4) is 0 Å². The van der Waals surface area contributed by atoms with E-state index in [9.17, 15) is 4.79 Å². The Morgan fingerprint density at radius 3 is 2.45 bits per heavy atom. The number of hydrogen-bond donors (Lipinski definition) is 1. The maximum absolute atomic E-state index is 10.6. The highest BCUT2D eigenvalue weighted by molar-refractivity contribution is 5.86. The van der Waals surface area contributed by atoms with Gasteiger partial charge in [0.2, 0.25) is 0 Å². The maximum atomic E-state index is 10.6. The van der Waals surface area contributed by atoms with E-state index < -0.39 is 5.97 Å². The highest BCUT2D eigenvalue weighted by Gasteiger charge is 2.10. The Morgan fingerprint density at radius 1 is 1.20 bits per heavy atom. The van der Waals surface area contributed by atoms with Crippen molar-refractivity contribution < 1.29 is 19.4 Å². The van der Waals surface area contributed by atoms with E-state index in [1.54, 1.807) is 14.2 Å². The molecule has 20 heavy (non-hydrogen) atoms. The van der Waals surface area contributed by atoms with E-state index in [4.69, 9.17) is 14.6 Å². The molecule has 0 amide bonds. The summed E-state index contributed by atoms with van der Waals surface area (Å²) < 4.78 is 10.5. The SMILES string of the molecule is COc1cc2nc(CCC(=O)O)cc(C)c2cc1OC. The molecular formula is C15H17NO4. The molecule has 0 bridgehead atoms. The summed E-state index contributed by atoms with van der Waals surface area (Å²) in [5.41, 5.74) is 2.59. The van der Waals surface area contributed by atoms with Crippen molar-refractivity contribution in [2.75, 3.05) is 14.2 Å². The highest BCUT2D eigenvalue weighted by atomic mass is 16.5. The minimum absolute atomic E-state index is 0.0746. The van der Waals surface area contributed by atoms with Crippen LogP contribution in [0.25, 0.3) is 10.9 Å². The van der Waals surface area contributed by atoms with Crippen molar-refractivity contribution in [3.8, 4) is 11.5 Å². The molecule has 1 aromatic heterocycles. The van der Waals surface area contributed by atoms with Crippen LogP contribution in [0.5, 0.6) is 11.5 Å². The molecule has 106 valence electrons. The van der Waals surface area contributed by atoms with Gasteiger partial charge >= 0.3 is 5.97 Å². The molecule has 0 aliphatic rings. The molecule has 2 aromatic rings. The Hall–Kier alpha value is -2.30. The normalized spacial score (nSPS) is 10.6. The fraction of sp³-hybridized carbons (Fsp3) is 0.333. The second-order valence-electron chi connectivity index (χ2n) is 4.55. The average Bonchev–Trinajstić information content (AvgIpc) is 2.43.